The maximum Gasteiger partial charge on any atom is 0.220 e. The van der Waals surface area contributed by atoms with Gasteiger partial charge in [-0.1, -0.05) is 34.1 Å². The Morgan fingerprint density at radius 3 is 2.86 bits per heavy atom. The highest BCUT2D eigenvalue weighted by molar-refractivity contribution is 9.10. The maximum absolute atomic E-state index is 11.0. The summed E-state index contributed by atoms with van der Waals surface area (Å²) in [5, 5.41) is 2.97. The normalized spacial score (nSPS) is 20.9. The van der Waals surface area contributed by atoms with Gasteiger partial charge in [0.15, 0.2) is 0 Å². The van der Waals surface area contributed by atoms with Crippen LogP contribution in [0.5, 0.6) is 0 Å². The van der Waals surface area contributed by atoms with Gasteiger partial charge in [0.25, 0.3) is 0 Å². The lowest BCUT2D eigenvalue weighted by Crippen LogP contribution is -2.27. The van der Waals surface area contributed by atoms with Gasteiger partial charge >= 0.3 is 0 Å². The van der Waals surface area contributed by atoms with E-state index >= 15 is 0 Å². The lowest BCUT2D eigenvalue weighted by molar-refractivity contribution is -0.119. The van der Waals surface area contributed by atoms with Crippen molar-refractivity contribution in [1.82, 2.24) is 5.32 Å². The summed E-state index contributed by atoms with van der Waals surface area (Å²) in [4.78, 5) is 11.0. The molecule has 2 nitrogen and oxygen atoms in total. The number of hydrogen-bond acceptors (Lipinski definition) is 1. The van der Waals surface area contributed by atoms with Gasteiger partial charge in [-0.3, -0.25) is 4.79 Å². The Labute approximate surface area is 91.8 Å². The summed E-state index contributed by atoms with van der Waals surface area (Å²) < 4.78 is 1.13. The van der Waals surface area contributed by atoms with Crippen LogP contribution in [0.3, 0.4) is 0 Å². The van der Waals surface area contributed by atoms with Gasteiger partial charge in [-0.15, -0.1) is 0 Å². The standard InChI is InChI=1S/C11H12BrNO/c12-10-4-2-1-3-8(10)7-9-5-6-11(14)13-9/h1-4,9H,5-7H2,(H,13,14). The van der Waals surface area contributed by atoms with E-state index in [4.69, 9.17) is 0 Å². The molecule has 1 aliphatic rings. The molecule has 0 aliphatic carbocycles. The molecule has 1 N–H and O–H groups in total. The molecule has 1 atom stereocenters. The van der Waals surface area contributed by atoms with Gasteiger partial charge in [-0.2, -0.15) is 0 Å². The van der Waals surface area contributed by atoms with Gasteiger partial charge in [0.1, 0.15) is 0 Å². The smallest absolute Gasteiger partial charge is 0.220 e. The highest BCUT2D eigenvalue weighted by Crippen LogP contribution is 2.20. The van der Waals surface area contributed by atoms with E-state index in [1.54, 1.807) is 0 Å². The van der Waals surface area contributed by atoms with E-state index in [9.17, 15) is 4.79 Å². The van der Waals surface area contributed by atoms with Crippen LogP contribution in [0.1, 0.15) is 18.4 Å². The van der Waals surface area contributed by atoms with Gasteiger partial charge in [0.05, 0.1) is 0 Å². The maximum atomic E-state index is 11.0. The van der Waals surface area contributed by atoms with Crippen molar-refractivity contribution in [2.24, 2.45) is 0 Å². The summed E-state index contributed by atoms with van der Waals surface area (Å²) in [6.45, 7) is 0. The fourth-order valence-corrected chi connectivity index (χ4v) is 2.21. The minimum absolute atomic E-state index is 0.182. The fraction of sp³-hybridized carbons (Fsp3) is 0.364. The molecule has 0 radical (unpaired) electrons. The second kappa shape index (κ2) is 4.13. The van der Waals surface area contributed by atoms with Crippen molar-refractivity contribution < 1.29 is 4.79 Å². The van der Waals surface area contributed by atoms with Crippen LogP contribution in [0.4, 0.5) is 0 Å². The van der Waals surface area contributed by atoms with E-state index in [1.165, 1.54) is 5.56 Å². The van der Waals surface area contributed by atoms with Crippen LogP contribution in [0, 0.1) is 0 Å². The van der Waals surface area contributed by atoms with Crippen LogP contribution in [-0.4, -0.2) is 11.9 Å². The number of halogens is 1. The van der Waals surface area contributed by atoms with E-state index in [0.717, 1.165) is 17.3 Å². The Hall–Kier alpha value is -0.830. The predicted octanol–water partition coefficient (Wildman–Crippen LogP) is 2.27. The van der Waals surface area contributed by atoms with E-state index in [-0.39, 0.29) is 5.91 Å². The third-order valence-corrected chi connectivity index (χ3v) is 3.28. The van der Waals surface area contributed by atoms with E-state index < -0.39 is 0 Å². The molecule has 1 aromatic carbocycles. The zero-order valence-electron chi connectivity index (χ0n) is 7.79. The molecule has 1 amide bonds. The molecule has 1 aromatic rings. The average Bonchev–Trinajstić information content (AvgIpc) is 2.56. The molecule has 0 bridgehead atoms. The van der Waals surface area contributed by atoms with Gasteiger partial charge in [0, 0.05) is 16.9 Å². The molecule has 2 rings (SSSR count). The van der Waals surface area contributed by atoms with Crippen molar-refractivity contribution in [3.63, 3.8) is 0 Å². The zero-order valence-corrected chi connectivity index (χ0v) is 9.38. The quantitative estimate of drug-likeness (QED) is 0.861. The van der Waals surface area contributed by atoms with E-state index in [0.29, 0.717) is 12.5 Å². The molecule has 1 unspecified atom stereocenters. The third-order valence-electron chi connectivity index (χ3n) is 2.51. The molecule has 1 heterocycles. The number of hydrogen-bond donors (Lipinski definition) is 1. The van der Waals surface area contributed by atoms with Crippen molar-refractivity contribution in [1.29, 1.82) is 0 Å². The molecule has 0 saturated carbocycles. The van der Waals surface area contributed by atoms with Crippen molar-refractivity contribution in [3.8, 4) is 0 Å². The highest BCUT2D eigenvalue weighted by atomic mass is 79.9. The first-order valence-electron chi connectivity index (χ1n) is 4.78. The molecular formula is C11H12BrNO. The Balaban J connectivity index is 2.04. The van der Waals surface area contributed by atoms with Crippen molar-refractivity contribution in [2.45, 2.75) is 25.3 Å². The Morgan fingerprint density at radius 1 is 1.43 bits per heavy atom. The number of carbonyl (C=O) groups excluding carboxylic acids is 1. The van der Waals surface area contributed by atoms with Gasteiger partial charge in [0.2, 0.25) is 5.91 Å². The second-order valence-corrected chi connectivity index (χ2v) is 4.45. The molecular weight excluding hydrogens is 242 g/mol. The summed E-state index contributed by atoms with van der Waals surface area (Å²) in [5.41, 5.74) is 1.26. The molecule has 0 aromatic heterocycles. The summed E-state index contributed by atoms with van der Waals surface area (Å²) in [6.07, 6.45) is 2.56. The zero-order chi connectivity index (χ0) is 9.97. The second-order valence-electron chi connectivity index (χ2n) is 3.60. The minimum atomic E-state index is 0.182. The van der Waals surface area contributed by atoms with Crippen LogP contribution in [-0.2, 0) is 11.2 Å². The monoisotopic (exact) mass is 253 g/mol. The third kappa shape index (κ3) is 2.15. The predicted molar refractivity (Wildman–Crippen MR) is 59.0 cm³/mol. The SMILES string of the molecule is O=C1CCC(Cc2ccccc2Br)N1. The average molecular weight is 254 g/mol. The number of rotatable bonds is 2. The lowest BCUT2D eigenvalue weighted by Gasteiger charge is -2.10. The van der Waals surface area contributed by atoms with Crippen LogP contribution in [0.2, 0.25) is 0 Å². The molecule has 74 valence electrons. The lowest BCUT2D eigenvalue weighted by atomic mass is 10.1. The van der Waals surface area contributed by atoms with E-state index in [2.05, 4.69) is 27.3 Å². The molecule has 14 heavy (non-hydrogen) atoms. The van der Waals surface area contributed by atoms with Gasteiger partial charge in [-0.25, -0.2) is 0 Å². The number of nitrogens with one attached hydrogen (secondary N) is 1. The van der Waals surface area contributed by atoms with Crippen LogP contribution < -0.4 is 5.32 Å². The van der Waals surface area contributed by atoms with Crippen LogP contribution >= 0.6 is 15.9 Å². The van der Waals surface area contributed by atoms with Gasteiger partial charge < -0.3 is 5.32 Å². The summed E-state index contributed by atoms with van der Waals surface area (Å²) >= 11 is 3.51. The minimum Gasteiger partial charge on any atom is -0.353 e. The molecule has 1 aliphatic heterocycles. The van der Waals surface area contributed by atoms with Crippen LogP contribution in [0.25, 0.3) is 0 Å². The Kier molecular flexibility index (Phi) is 2.87. The molecule has 0 spiro atoms. The van der Waals surface area contributed by atoms with E-state index in [1.807, 2.05) is 18.2 Å². The fourth-order valence-electron chi connectivity index (χ4n) is 1.76. The summed E-state index contributed by atoms with van der Waals surface area (Å²) in [7, 11) is 0. The number of amides is 1. The highest BCUT2D eigenvalue weighted by Gasteiger charge is 2.21. The first-order chi connectivity index (χ1) is 6.75. The van der Waals surface area contributed by atoms with Crippen molar-refractivity contribution in [3.05, 3.63) is 34.3 Å². The van der Waals surface area contributed by atoms with Crippen molar-refractivity contribution in [2.75, 3.05) is 0 Å². The largest absolute Gasteiger partial charge is 0.353 e. The van der Waals surface area contributed by atoms with Crippen LogP contribution in [0.15, 0.2) is 28.7 Å². The first-order valence-corrected chi connectivity index (χ1v) is 5.58. The Bertz CT molecular complexity index is 351. The molecule has 1 saturated heterocycles. The number of benzene rings is 1. The first kappa shape index (κ1) is 9.71. The van der Waals surface area contributed by atoms with Crippen molar-refractivity contribution >= 4 is 21.8 Å². The number of carbonyl (C=O) groups is 1. The summed E-state index contributed by atoms with van der Waals surface area (Å²) in [6, 6.07) is 8.47. The summed E-state index contributed by atoms with van der Waals surface area (Å²) in [5.74, 6) is 0.182. The Morgan fingerprint density at radius 2 is 2.21 bits per heavy atom. The molecule has 3 heteroatoms. The molecule has 1 fully saturated rings. The van der Waals surface area contributed by atoms with Gasteiger partial charge in [-0.05, 0) is 24.5 Å². The topological polar surface area (TPSA) is 29.1 Å².